The fourth-order valence-electron chi connectivity index (χ4n) is 11.0. The normalized spacial score (nSPS) is 18.3. The fraction of sp³-hybridized carbons (Fsp3) is 0.847. The van der Waals surface area contributed by atoms with Gasteiger partial charge in [-0.25, -0.2) is 0 Å². The van der Waals surface area contributed by atoms with Crippen LogP contribution in [0.15, 0.2) is 0 Å². The van der Waals surface area contributed by atoms with Gasteiger partial charge < -0.3 is 121 Å². The van der Waals surface area contributed by atoms with Crippen LogP contribution in [0.1, 0.15) is 237 Å². The van der Waals surface area contributed by atoms with Gasteiger partial charge in [-0.3, -0.25) is 52.7 Å². The first-order valence-electron chi connectivity index (χ1n) is 36.9. The molecule has 36 nitrogen and oxygen atoms in total. The third-order valence-corrected chi connectivity index (χ3v) is 15.8. The lowest BCUT2D eigenvalue weighted by Gasteiger charge is -2.28. The molecule has 6 aliphatic heterocycles. The summed E-state index contributed by atoms with van der Waals surface area (Å²) in [5.41, 5.74) is 0. The van der Waals surface area contributed by atoms with Gasteiger partial charge in [0.15, 0.2) is 41.0 Å². The van der Waals surface area contributed by atoms with Crippen LogP contribution in [0.25, 0.3) is 0 Å². The zero-order chi connectivity index (χ0) is 81.6. The number of rotatable bonds is 43. The highest BCUT2D eigenvalue weighted by Gasteiger charge is 2.43. The second-order valence-electron chi connectivity index (χ2n) is 27.4. The summed E-state index contributed by atoms with van der Waals surface area (Å²) in [5, 5.41) is 61.2. The van der Waals surface area contributed by atoms with Gasteiger partial charge in [0.1, 0.15) is 0 Å². The second kappa shape index (κ2) is 52.7. The lowest BCUT2D eigenvalue weighted by Crippen LogP contribution is -2.33. The van der Waals surface area contributed by atoms with Crippen molar-refractivity contribution in [3.63, 3.8) is 0 Å². The number of hydrogen-bond acceptors (Lipinski definition) is 30. The van der Waals surface area contributed by atoms with E-state index in [9.17, 15) is 57.8 Å². The maximum atomic E-state index is 11.6. The van der Waals surface area contributed by atoms with Crippen LogP contribution >= 0.6 is 0 Å². The summed E-state index contributed by atoms with van der Waals surface area (Å²) in [6, 6.07) is 0. The number of aliphatic hydroxyl groups is 1. The van der Waals surface area contributed by atoms with E-state index in [1.165, 1.54) is 0 Å². The Balaban J connectivity index is 0.000000651. The van der Waals surface area contributed by atoms with E-state index in [0.717, 1.165) is 0 Å². The largest absolute Gasteiger partial charge is 0.481 e. The van der Waals surface area contributed by atoms with Crippen molar-refractivity contribution in [3.05, 3.63) is 0 Å². The molecule has 0 aliphatic carbocycles. The Morgan fingerprint density at radius 2 is 0.380 bits per heavy atom. The van der Waals surface area contributed by atoms with Gasteiger partial charge in [-0.2, -0.15) is 0 Å². The molecule has 7 N–H and O–H groups in total. The first-order valence-corrected chi connectivity index (χ1v) is 36.9. The number of ether oxygens (including phenoxy) is 18. The van der Waals surface area contributed by atoms with Crippen LogP contribution in [0.5, 0.6) is 0 Å². The van der Waals surface area contributed by atoms with Crippen LogP contribution in [0.3, 0.4) is 0 Å². The lowest BCUT2D eigenvalue weighted by molar-refractivity contribution is -0.192. The predicted molar refractivity (Wildman–Crippen MR) is 373 cm³/mol. The molecule has 6 rings (SSSR count). The first kappa shape index (κ1) is 99.6. The van der Waals surface area contributed by atoms with Gasteiger partial charge in [0.2, 0.25) is 0 Å². The van der Waals surface area contributed by atoms with Crippen molar-refractivity contribution in [2.45, 2.75) is 315 Å². The maximum Gasteiger partial charge on any atom is 0.306 e. The molecule has 1 atom stereocenters. The molecule has 6 fully saturated rings. The van der Waals surface area contributed by atoms with Gasteiger partial charge in [-0.15, -0.1) is 0 Å². The molecule has 108 heavy (non-hydrogen) atoms. The fourth-order valence-corrected chi connectivity index (χ4v) is 11.0. The summed E-state index contributed by atoms with van der Waals surface area (Å²) in [4.78, 5) is 121. The Hall–Kier alpha value is -6.39. The maximum absolute atomic E-state index is 11.6. The molecule has 0 amide bonds. The van der Waals surface area contributed by atoms with Crippen LogP contribution in [0.2, 0.25) is 0 Å². The molecule has 0 aromatic heterocycles. The van der Waals surface area contributed by atoms with Crippen molar-refractivity contribution in [2.75, 3.05) is 79.3 Å². The summed E-state index contributed by atoms with van der Waals surface area (Å²) >= 11 is 0. The molecule has 0 aromatic rings. The minimum atomic E-state index is -1.00. The third kappa shape index (κ3) is 47.0. The third-order valence-electron chi connectivity index (χ3n) is 15.8. The molecule has 36 heteroatoms. The Kier molecular flexibility index (Phi) is 48.6. The molecule has 626 valence electrons. The van der Waals surface area contributed by atoms with E-state index in [-0.39, 0.29) is 176 Å². The summed E-state index contributed by atoms with van der Waals surface area (Å²) in [7, 11) is 0. The van der Waals surface area contributed by atoms with E-state index >= 15 is 0 Å². The highest BCUT2D eigenvalue weighted by Crippen LogP contribution is 2.36. The summed E-state index contributed by atoms with van der Waals surface area (Å²) in [6.45, 7) is 26.9. The SMILES string of the molecule is CC(C)OC(=O)CCC1(CCC(=O)O)OCCO1.CC(C)OC(=O)CCC1(CCC(=O)OC(C)C)OCCO1.CC(C)OC(=O)CCC1(CCC(=O)OC(C)C)OCCO1.CC(C)OC(O)CCC1(CCC(=O)O)OCCO1.O=C(O)CCC1(CCC(=O)O)OCCO1.O=C(O)CCC1(CCC(=O)O)OCCO1. The van der Waals surface area contributed by atoms with Crippen LogP contribution in [-0.4, -0.2) is 258 Å². The number of aliphatic carboxylic acids is 6. The van der Waals surface area contributed by atoms with E-state index in [0.29, 0.717) is 124 Å². The van der Waals surface area contributed by atoms with Gasteiger partial charge >= 0.3 is 65.7 Å². The molecular formula is C72H122O36. The molecule has 0 aromatic carbocycles. The van der Waals surface area contributed by atoms with Gasteiger partial charge in [-0.05, 0) is 83.1 Å². The summed E-state index contributed by atoms with van der Waals surface area (Å²) in [5.74, 6) is -12.6. The minimum absolute atomic E-state index is 0.0128. The Bertz CT molecular complexity index is 2420. The van der Waals surface area contributed by atoms with E-state index in [4.69, 9.17) is 116 Å². The number of carbonyl (C=O) groups is 11. The molecule has 0 saturated carbocycles. The lowest BCUT2D eigenvalue weighted by atomic mass is 10.0. The van der Waals surface area contributed by atoms with Crippen LogP contribution in [0, 0.1) is 0 Å². The summed E-state index contributed by atoms with van der Waals surface area (Å²) in [6.07, 6.45) is 2.89. The highest BCUT2D eigenvalue weighted by atomic mass is 16.8. The number of carboxylic acids is 6. The first-order chi connectivity index (χ1) is 50.6. The second-order valence-corrected chi connectivity index (χ2v) is 27.4. The molecular weight excluding hydrogens is 1440 g/mol. The van der Waals surface area contributed by atoms with Crippen molar-refractivity contribution in [1.82, 2.24) is 0 Å². The predicted octanol–water partition coefficient (Wildman–Crippen LogP) is 7.75. The number of carboxylic acid groups (broad SMARTS) is 6. The molecule has 1 unspecified atom stereocenters. The molecule has 0 radical (unpaired) electrons. The average Bonchev–Trinajstić information content (AvgIpc) is 1.75. The average molecular weight is 1560 g/mol. The van der Waals surface area contributed by atoms with Crippen molar-refractivity contribution in [3.8, 4) is 0 Å². The van der Waals surface area contributed by atoms with Crippen LogP contribution in [0.4, 0.5) is 0 Å². The monoisotopic (exact) mass is 1560 g/mol. The van der Waals surface area contributed by atoms with Crippen molar-refractivity contribution in [1.29, 1.82) is 0 Å². The molecule has 6 heterocycles. The van der Waals surface area contributed by atoms with E-state index < -0.39 is 76.8 Å². The zero-order valence-electron chi connectivity index (χ0n) is 65.0. The molecule has 6 aliphatic rings. The van der Waals surface area contributed by atoms with Crippen molar-refractivity contribution >= 4 is 65.7 Å². The molecule has 0 spiro atoms. The number of aliphatic hydroxyl groups excluding tert-OH is 1. The molecule has 0 bridgehead atoms. The van der Waals surface area contributed by atoms with Gasteiger partial charge in [-0.1, -0.05) is 0 Å². The van der Waals surface area contributed by atoms with Crippen molar-refractivity contribution in [2.24, 2.45) is 0 Å². The van der Waals surface area contributed by atoms with Gasteiger partial charge in [0.25, 0.3) is 0 Å². The van der Waals surface area contributed by atoms with Gasteiger partial charge in [0, 0.05) is 83.5 Å². The Labute approximate surface area is 631 Å². The number of esters is 5. The van der Waals surface area contributed by atoms with E-state index in [2.05, 4.69) is 0 Å². The standard InChI is InChI=1S/2C15H26O6.C12H22O6.C12H20O6.2C9H14O6/c2*1-11(2)20-13(16)5-7-15(18-9-10-19-15)8-6-14(17)21-12(3)4;2*1-9(2)18-11(15)4-6-12(5-3-10(13)14)16-7-8-17-12;2*10-7(11)1-3-9(4-2-8(12)13)14-5-6-15-9/h2*11-12H,5-10H2,1-4H3;9,11,15H,3-8H2,1-2H3,(H,13,14);9H,3-8H2,1-2H3,(H,13,14);2*1-6H2,(H,10,11)(H,12,13). The minimum Gasteiger partial charge on any atom is -0.481 e. The Morgan fingerprint density at radius 1 is 0.241 bits per heavy atom. The molecule has 6 saturated heterocycles. The van der Waals surface area contributed by atoms with E-state index in [1.54, 1.807) is 69.2 Å². The van der Waals surface area contributed by atoms with Crippen LogP contribution in [-0.2, 0) is 138 Å². The topological polar surface area (TPSA) is 496 Å². The smallest absolute Gasteiger partial charge is 0.306 e. The number of carbonyl (C=O) groups excluding carboxylic acids is 5. The summed E-state index contributed by atoms with van der Waals surface area (Å²) < 4.78 is 96.1. The quantitative estimate of drug-likeness (QED) is 0.0174. The zero-order valence-corrected chi connectivity index (χ0v) is 65.0. The van der Waals surface area contributed by atoms with Crippen molar-refractivity contribution < 1.29 is 174 Å². The van der Waals surface area contributed by atoms with E-state index in [1.807, 2.05) is 13.8 Å². The Morgan fingerprint density at radius 3 is 0.509 bits per heavy atom. The van der Waals surface area contributed by atoms with Gasteiger partial charge in [0.05, 0.1) is 187 Å². The highest BCUT2D eigenvalue weighted by molar-refractivity contribution is 5.72. The number of hydrogen-bond donors (Lipinski definition) is 7. The van der Waals surface area contributed by atoms with Crippen LogP contribution < -0.4 is 0 Å².